The quantitative estimate of drug-likeness (QED) is 0.688. The molecule has 0 bridgehead atoms. The average molecular weight is 218 g/mol. The van der Waals surface area contributed by atoms with Gasteiger partial charge in [-0.1, -0.05) is 18.2 Å². The second-order valence-electron chi connectivity index (χ2n) is 3.54. The normalized spacial score (nSPS) is 14.7. The molecule has 0 radical (unpaired) electrons. The van der Waals surface area contributed by atoms with Gasteiger partial charge in [-0.3, -0.25) is 19.8 Å². The fraction of sp³-hybridized carbons (Fsp3) is 0.182. The van der Waals surface area contributed by atoms with E-state index in [4.69, 9.17) is 0 Å². The van der Waals surface area contributed by atoms with E-state index in [0.29, 0.717) is 11.1 Å². The average Bonchev–Trinajstić information content (AvgIpc) is 2.24. The number of nitrogens with one attached hydrogen (secondary N) is 1. The Kier molecular flexibility index (Phi) is 2.44. The van der Waals surface area contributed by atoms with E-state index in [2.05, 4.69) is 5.43 Å². The van der Waals surface area contributed by atoms with Crippen LogP contribution in [0.25, 0.3) is 0 Å². The summed E-state index contributed by atoms with van der Waals surface area (Å²) < 4.78 is 0. The molecule has 82 valence electrons. The number of hydrogen-bond donors (Lipinski definition) is 1. The molecule has 0 atom stereocenters. The molecule has 0 aliphatic carbocycles. The molecular formula is C11H10N2O3. The molecule has 1 aromatic carbocycles. The highest BCUT2D eigenvalue weighted by Crippen LogP contribution is 2.17. The molecule has 5 heteroatoms. The summed E-state index contributed by atoms with van der Waals surface area (Å²) in [6, 6.07) is 6.86. The zero-order valence-electron chi connectivity index (χ0n) is 8.69. The van der Waals surface area contributed by atoms with Crippen molar-refractivity contribution in [2.45, 2.75) is 13.3 Å². The zero-order chi connectivity index (χ0) is 11.7. The molecule has 1 aliphatic rings. The Labute approximate surface area is 92.0 Å². The van der Waals surface area contributed by atoms with Gasteiger partial charge in [-0.05, 0) is 11.6 Å². The van der Waals surface area contributed by atoms with E-state index in [-0.39, 0.29) is 6.42 Å². The lowest BCUT2D eigenvalue weighted by molar-refractivity contribution is -0.137. The Balaban J connectivity index is 2.38. The van der Waals surface area contributed by atoms with Gasteiger partial charge in [0.2, 0.25) is 5.91 Å². The molecule has 2 rings (SSSR count). The topological polar surface area (TPSA) is 66.5 Å². The Morgan fingerprint density at radius 1 is 1.31 bits per heavy atom. The third kappa shape index (κ3) is 1.67. The number of rotatable bonds is 1. The lowest BCUT2D eigenvalue weighted by atomic mass is 10.00. The molecular weight excluding hydrogens is 208 g/mol. The minimum Gasteiger partial charge on any atom is -0.274 e. The molecule has 0 aromatic heterocycles. The molecule has 0 unspecified atom stereocenters. The fourth-order valence-corrected chi connectivity index (χ4v) is 1.63. The van der Waals surface area contributed by atoms with Crippen molar-refractivity contribution in [2.24, 2.45) is 0 Å². The molecule has 1 aliphatic heterocycles. The summed E-state index contributed by atoms with van der Waals surface area (Å²) in [5.41, 5.74) is 3.37. The van der Waals surface area contributed by atoms with E-state index >= 15 is 0 Å². The van der Waals surface area contributed by atoms with Gasteiger partial charge in [0.05, 0.1) is 6.42 Å². The number of carbonyl (C=O) groups is 3. The van der Waals surface area contributed by atoms with Crippen LogP contribution in [-0.2, 0) is 16.0 Å². The summed E-state index contributed by atoms with van der Waals surface area (Å²) in [5.74, 6) is -1.35. The SMILES string of the molecule is CC(=O)NN1C(=O)Cc2ccccc2C1=O. The predicted molar refractivity (Wildman–Crippen MR) is 55.1 cm³/mol. The van der Waals surface area contributed by atoms with Crippen LogP contribution in [0, 0.1) is 0 Å². The molecule has 0 spiro atoms. The van der Waals surface area contributed by atoms with E-state index in [0.717, 1.165) is 5.01 Å². The van der Waals surface area contributed by atoms with Crippen molar-refractivity contribution in [1.82, 2.24) is 10.4 Å². The van der Waals surface area contributed by atoms with Crippen molar-refractivity contribution < 1.29 is 14.4 Å². The maximum absolute atomic E-state index is 11.9. The van der Waals surface area contributed by atoms with Gasteiger partial charge < -0.3 is 0 Å². The minimum atomic E-state index is -0.484. The van der Waals surface area contributed by atoms with Crippen LogP contribution >= 0.6 is 0 Å². The monoisotopic (exact) mass is 218 g/mol. The van der Waals surface area contributed by atoms with Crippen molar-refractivity contribution in [3.05, 3.63) is 35.4 Å². The molecule has 3 amide bonds. The van der Waals surface area contributed by atoms with Gasteiger partial charge >= 0.3 is 0 Å². The zero-order valence-corrected chi connectivity index (χ0v) is 8.69. The van der Waals surface area contributed by atoms with Gasteiger partial charge in [-0.2, -0.15) is 5.01 Å². The number of carbonyl (C=O) groups excluding carboxylic acids is 3. The van der Waals surface area contributed by atoms with Gasteiger partial charge in [-0.25, -0.2) is 0 Å². The third-order valence-corrected chi connectivity index (χ3v) is 2.31. The highest BCUT2D eigenvalue weighted by Gasteiger charge is 2.31. The number of hydrogen-bond acceptors (Lipinski definition) is 3. The molecule has 1 heterocycles. The molecule has 0 saturated carbocycles. The van der Waals surface area contributed by atoms with Crippen LogP contribution in [0.1, 0.15) is 22.8 Å². The van der Waals surface area contributed by atoms with E-state index in [1.165, 1.54) is 6.92 Å². The minimum absolute atomic E-state index is 0.127. The van der Waals surface area contributed by atoms with Crippen LogP contribution in [0.3, 0.4) is 0 Å². The van der Waals surface area contributed by atoms with Crippen molar-refractivity contribution >= 4 is 17.7 Å². The Bertz CT molecular complexity index is 482. The lowest BCUT2D eigenvalue weighted by Gasteiger charge is -2.26. The summed E-state index contributed by atoms with van der Waals surface area (Å²) >= 11 is 0. The van der Waals surface area contributed by atoms with Gasteiger partial charge in [0, 0.05) is 12.5 Å². The fourth-order valence-electron chi connectivity index (χ4n) is 1.63. The van der Waals surface area contributed by atoms with E-state index in [1.807, 2.05) is 0 Å². The highest BCUT2D eigenvalue weighted by atomic mass is 16.2. The van der Waals surface area contributed by atoms with Crippen LogP contribution in [0.2, 0.25) is 0 Å². The van der Waals surface area contributed by atoms with Crippen LogP contribution < -0.4 is 5.43 Å². The Hall–Kier alpha value is -2.17. The van der Waals surface area contributed by atoms with Gasteiger partial charge in [0.1, 0.15) is 0 Å². The lowest BCUT2D eigenvalue weighted by Crippen LogP contribution is -2.52. The second-order valence-corrected chi connectivity index (χ2v) is 3.54. The maximum Gasteiger partial charge on any atom is 0.279 e. The summed E-state index contributed by atoms with van der Waals surface area (Å²) in [6.45, 7) is 1.25. The summed E-state index contributed by atoms with van der Waals surface area (Å²) in [5, 5.41) is 0.769. The summed E-state index contributed by atoms with van der Waals surface area (Å²) in [4.78, 5) is 34.3. The van der Waals surface area contributed by atoms with Gasteiger partial charge in [0.25, 0.3) is 11.8 Å². The van der Waals surface area contributed by atoms with Crippen molar-refractivity contribution in [3.8, 4) is 0 Å². The number of hydrazine groups is 1. The van der Waals surface area contributed by atoms with Crippen LogP contribution in [0.5, 0.6) is 0 Å². The number of imide groups is 1. The number of amides is 3. The van der Waals surface area contributed by atoms with Crippen molar-refractivity contribution in [1.29, 1.82) is 0 Å². The molecule has 1 N–H and O–H groups in total. The van der Waals surface area contributed by atoms with E-state index in [1.54, 1.807) is 24.3 Å². The van der Waals surface area contributed by atoms with E-state index < -0.39 is 17.7 Å². The smallest absolute Gasteiger partial charge is 0.274 e. The molecule has 0 fully saturated rings. The van der Waals surface area contributed by atoms with Crippen LogP contribution in [0.4, 0.5) is 0 Å². The van der Waals surface area contributed by atoms with E-state index in [9.17, 15) is 14.4 Å². The predicted octanol–water partition coefficient (Wildman–Crippen LogP) is 0.263. The second kappa shape index (κ2) is 3.77. The number of benzene rings is 1. The molecule has 1 aromatic rings. The maximum atomic E-state index is 11.9. The highest BCUT2D eigenvalue weighted by molar-refractivity contribution is 6.10. The molecule has 16 heavy (non-hydrogen) atoms. The van der Waals surface area contributed by atoms with Gasteiger partial charge in [-0.15, -0.1) is 0 Å². The number of fused-ring (bicyclic) bond motifs is 1. The standard InChI is InChI=1S/C11H10N2O3/c1-7(14)12-13-10(15)6-8-4-2-3-5-9(8)11(13)16/h2-5H,6H2,1H3,(H,12,14). The Morgan fingerprint density at radius 2 is 2.00 bits per heavy atom. The van der Waals surface area contributed by atoms with Crippen LogP contribution in [-0.4, -0.2) is 22.7 Å². The first-order valence-electron chi connectivity index (χ1n) is 4.82. The first kappa shape index (κ1) is 10.4. The number of nitrogens with zero attached hydrogens (tertiary/aromatic N) is 1. The van der Waals surface area contributed by atoms with Crippen molar-refractivity contribution in [3.63, 3.8) is 0 Å². The third-order valence-electron chi connectivity index (χ3n) is 2.31. The first-order valence-corrected chi connectivity index (χ1v) is 4.82. The first-order chi connectivity index (χ1) is 7.59. The molecule has 5 nitrogen and oxygen atoms in total. The van der Waals surface area contributed by atoms with Crippen LogP contribution in [0.15, 0.2) is 24.3 Å². The summed E-state index contributed by atoms with van der Waals surface area (Å²) in [6.07, 6.45) is 0.127. The van der Waals surface area contributed by atoms with Crippen molar-refractivity contribution in [2.75, 3.05) is 0 Å². The Morgan fingerprint density at radius 3 is 2.69 bits per heavy atom. The summed E-state index contributed by atoms with van der Waals surface area (Å²) in [7, 11) is 0. The largest absolute Gasteiger partial charge is 0.279 e. The van der Waals surface area contributed by atoms with Gasteiger partial charge in [0.15, 0.2) is 0 Å². The molecule has 0 saturated heterocycles.